The van der Waals surface area contributed by atoms with Gasteiger partial charge in [0.2, 0.25) is 10.0 Å². The largest absolute Gasteiger partial charge is 0.464 e. The van der Waals surface area contributed by atoms with Crippen LogP contribution in [0.1, 0.15) is 67.8 Å². The van der Waals surface area contributed by atoms with Crippen LogP contribution >= 0.6 is 11.6 Å². The van der Waals surface area contributed by atoms with Crippen LogP contribution in [0.15, 0.2) is 39.6 Å². The Morgan fingerprint density at radius 1 is 1.23 bits per heavy atom. The fourth-order valence-corrected chi connectivity index (χ4v) is 5.34. The lowest BCUT2D eigenvalue weighted by Gasteiger charge is -2.24. The van der Waals surface area contributed by atoms with Crippen molar-refractivity contribution in [1.82, 2.24) is 9.21 Å². The highest BCUT2D eigenvalue weighted by atomic mass is 35.5. The minimum absolute atomic E-state index is 0.0650. The summed E-state index contributed by atoms with van der Waals surface area (Å²) in [5.41, 5.74) is 0.203. The SMILES string of the molecule is CC1CC1c1ccc(CN(C(=O)c2cc(S(=O)(=O)N(C)C(C)C)ccc2Cl)C2CC2)o1. The molecule has 2 unspecified atom stereocenters. The first kappa shape index (κ1) is 22.4. The topological polar surface area (TPSA) is 70.8 Å². The van der Waals surface area contributed by atoms with Crippen molar-refractivity contribution in [3.63, 3.8) is 0 Å². The van der Waals surface area contributed by atoms with Gasteiger partial charge in [-0.1, -0.05) is 18.5 Å². The van der Waals surface area contributed by atoms with Gasteiger partial charge in [-0.2, -0.15) is 4.31 Å². The quantitative estimate of drug-likeness (QED) is 0.557. The molecular formula is C23H29ClN2O4S. The Kier molecular flexibility index (Phi) is 5.96. The Morgan fingerprint density at radius 2 is 1.90 bits per heavy atom. The van der Waals surface area contributed by atoms with E-state index in [-0.39, 0.29) is 33.5 Å². The van der Waals surface area contributed by atoms with Gasteiger partial charge in [0.05, 0.1) is 22.0 Å². The number of furan rings is 1. The number of nitrogens with zero attached hydrogens (tertiary/aromatic N) is 2. The molecule has 2 fully saturated rings. The molecule has 0 aliphatic heterocycles. The van der Waals surface area contributed by atoms with Crippen LogP contribution in [-0.4, -0.2) is 42.7 Å². The lowest BCUT2D eigenvalue weighted by molar-refractivity contribution is 0.0716. The molecule has 0 spiro atoms. The van der Waals surface area contributed by atoms with Crippen molar-refractivity contribution in [2.24, 2.45) is 5.92 Å². The van der Waals surface area contributed by atoms with E-state index in [2.05, 4.69) is 6.92 Å². The van der Waals surface area contributed by atoms with E-state index < -0.39 is 10.0 Å². The maximum atomic E-state index is 13.4. The van der Waals surface area contributed by atoms with Gasteiger partial charge in [-0.25, -0.2) is 8.42 Å². The van der Waals surface area contributed by atoms with Crippen LogP contribution in [0.2, 0.25) is 5.02 Å². The first-order valence-corrected chi connectivity index (χ1v) is 12.6. The first-order chi connectivity index (χ1) is 14.6. The van der Waals surface area contributed by atoms with Crippen LogP contribution in [0.5, 0.6) is 0 Å². The number of carbonyl (C=O) groups is 1. The van der Waals surface area contributed by atoms with Crippen LogP contribution in [0.25, 0.3) is 0 Å². The number of amides is 1. The van der Waals surface area contributed by atoms with Gasteiger partial charge < -0.3 is 9.32 Å². The van der Waals surface area contributed by atoms with Crippen molar-refractivity contribution in [2.75, 3.05) is 7.05 Å². The molecule has 8 heteroatoms. The van der Waals surface area contributed by atoms with Gasteiger partial charge >= 0.3 is 0 Å². The molecule has 168 valence electrons. The summed E-state index contributed by atoms with van der Waals surface area (Å²) in [6, 6.07) is 8.18. The van der Waals surface area contributed by atoms with E-state index in [1.807, 2.05) is 12.1 Å². The minimum atomic E-state index is -3.72. The molecule has 6 nitrogen and oxygen atoms in total. The van der Waals surface area contributed by atoms with Crippen molar-refractivity contribution >= 4 is 27.5 Å². The zero-order valence-electron chi connectivity index (χ0n) is 18.3. The number of benzene rings is 1. The number of sulfonamides is 1. The van der Waals surface area contributed by atoms with Gasteiger partial charge in [0.1, 0.15) is 11.5 Å². The summed E-state index contributed by atoms with van der Waals surface area (Å²) in [5, 5.41) is 0.244. The third kappa shape index (κ3) is 4.54. The molecule has 2 aliphatic carbocycles. The molecule has 0 saturated heterocycles. The summed E-state index contributed by atoms with van der Waals surface area (Å²) in [7, 11) is -2.19. The lowest BCUT2D eigenvalue weighted by atomic mass is 10.2. The monoisotopic (exact) mass is 464 g/mol. The molecule has 1 aromatic carbocycles. The van der Waals surface area contributed by atoms with E-state index in [4.69, 9.17) is 16.0 Å². The molecule has 1 amide bonds. The molecule has 0 radical (unpaired) electrons. The summed E-state index contributed by atoms with van der Waals surface area (Å²) >= 11 is 6.35. The summed E-state index contributed by atoms with van der Waals surface area (Å²) in [4.78, 5) is 15.2. The fraction of sp³-hybridized carbons (Fsp3) is 0.522. The Hall–Kier alpha value is -1.83. The number of hydrogen-bond acceptors (Lipinski definition) is 4. The van der Waals surface area contributed by atoms with Crippen molar-refractivity contribution in [1.29, 1.82) is 0 Å². The highest BCUT2D eigenvalue weighted by Crippen LogP contribution is 2.47. The Bertz CT molecular complexity index is 1090. The van der Waals surface area contributed by atoms with Gasteiger partial charge in [0.25, 0.3) is 5.91 Å². The number of hydrogen-bond donors (Lipinski definition) is 0. The maximum Gasteiger partial charge on any atom is 0.256 e. The van der Waals surface area contributed by atoms with E-state index in [1.165, 1.54) is 29.6 Å². The molecule has 1 heterocycles. The lowest BCUT2D eigenvalue weighted by Crippen LogP contribution is -2.34. The molecule has 2 atom stereocenters. The summed E-state index contributed by atoms with van der Waals surface area (Å²) < 4.78 is 33.1. The third-order valence-electron chi connectivity index (χ3n) is 6.30. The van der Waals surface area contributed by atoms with Gasteiger partial charge in [0.15, 0.2) is 0 Å². The van der Waals surface area contributed by atoms with E-state index in [0.717, 1.165) is 30.8 Å². The van der Waals surface area contributed by atoms with E-state index >= 15 is 0 Å². The van der Waals surface area contributed by atoms with Crippen LogP contribution in [-0.2, 0) is 16.6 Å². The Morgan fingerprint density at radius 3 is 2.48 bits per heavy atom. The summed E-state index contributed by atoms with van der Waals surface area (Å²) in [5.74, 6) is 2.58. The smallest absolute Gasteiger partial charge is 0.256 e. The van der Waals surface area contributed by atoms with Crippen LogP contribution in [0.3, 0.4) is 0 Å². The van der Waals surface area contributed by atoms with Crippen LogP contribution < -0.4 is 0 Å². The highest BCUT2D eigenvalue weighted by molar-refractivity contribution is 7.89. The van der Waals surface area contributed by atoms with Gasteiger partial charge in [0, 0.05) is 25.0 Å². The number of halogens is 1. The summed E-state index contributed by atoms with van der Waals surface area (Å²) in [6.07, 6.45) is 2.98. The van der Waals surface area contributed by atoms with E-state index in [0.29, 0.717) is 18.4 Å². The zero-order valence-corrected chi connectivity index (χ0v) is 19.9. The van der Waals surface area contributed by atoms with Gasteiger partial charge in [-0.3, -0.25) is 4.79 Å². The van der Waals surface area contributed by atoms with Crippen molar-refractivity contribution in [2.45, 2.75) is 69.5 Å². The van der Waals surface area contributed by atoms with E-state index in [9.17, 15) is 13.2 Å². The predicted molar refractivity (Wildman–Crippen MR) is 120 cm³/mol. The third-order valence-corrected chi connectivity index (χ3v) is 8.66. The molecule has 2 aromatic rings. The Balaban J connectivity index is 1.60. The number of rotatable bonds is 8. The Labute approximate surface area is 189 Å². The van der Waals surface area contributed by atoms with Gasteiger partial charge in [-0.05, 0) is 69.4 Å². The second-order valence-electron chi connectivity index (χ2n) is 9.04. The van der Waals surface area contributed by atoms with Crippen LogP contribution in [0.4, 0.5) is 0 Å². The van der Waals surface area contributed by atoms with Crippen molar-refractivity contribution in [3.8, 4) is 0 Å². The van der Waals surface area contributed by atoms with Crippen LogP contribution in [0, 0.1) is 5.92 Å². The average Bonchev–Trinajstić information content (AvgIpc) is 3.64. The predicted octanol–water partition coefficient (Wildman–Crippen LogP) is 4.89. The molecule has 0 N–H and O–H groups in total. The second-order valence-corrected chi connectivity index (χ2v) is 11.4. The molecule has 4 rings (SSSR count). The maximum absolute atomic E-state index is 13.4. The van der Waals surface area contributed by atoms with Crippen molar-refractivity contribution in [3.05, 3.63) is 52.4 Å². The first-order valence-electron chi connectivity index (χ1n) is 10.8. The molecule has 31 heavy (non-hydrogen) atoms. The van der Waals surface area contributed by atoms with E-state index in [1.54, 1.807) is 18.7 Å². The minimum Gasteiger partial charge on any atom is -0.464 e. The fourth-order valence-electron chi connectivity index (χ4n) is 3.75. The highest BCUT2D eigenvalue weighted by Gasteiger charge is 2.38. The standard InChI is InChI=1S/C23H29ClN2O4S/c1-14(2)25(4)31(28,29)18-8-9-21(24)20(12-18)23(27)26(16-5-6-16)13-17-7-10-22(30-17)19-11-15(19)3/h7-10,12,14-16,19H,5-6,11,13H2,1-4H3. The molecule has 2 saturated carbocycles. The number of carbonyl (C=O) groups excluding carboxylic acids is 1. The molecular weight excluding hydrogens is 436 g/mol. The summed E-state index contributed by atoms with van der Waals surface area (Å²) in [6.45, 7) is 6.15. The normalized spacial score (nSPS) is 21.0. The van der Waals surface area contributed by atoms with Gasteiger partial charge in [-0.15, -0.1) is 0 Å². The average molecular weight is 465 g/mol. The zero-order chi connectivity index (χ0) is 22.5. The van der Waals surface area contributed by atoms with Crippen molar-refractivity contribution < 1.29 is 17.6 Å². The molecule has 1 aromatic heterocycles. The second kappa shape index (κ2) is 8.26. The molecule has 2 aliphatic rings. The molecule has 0 bridgehead atoms.